The first-order valence-electron chi connectivity index (χ1n) is 4.78. The number of hydrogen-bond donors (Lipinski definition) is 0. The van der Waals surface area contributed by atoms with E-state index in [4.69, 9.17) is 0 Å². The molecule has 0 saturated heterocycles. The van der Waals surface area contributed by atoms with Gasteiger partial charge in [-0.1, -0.05) is 35.9 Å². The fourth-order valence-corrected chi connectivity index (χ4v) is 1.63. The molecule has 1 aromatic carbocycles. The van der Waals surface area contributed by atoms with E-state index in [0.29, 0.717) is 5.82 Å². The van der Waals surface area contributed by atoms with Crippen LogP contribution in [0.5, 0.6) is 0 Å². The molecule has 0 bridgehead atoms. The third-order valence-electron chi connectivity index (χ3n) is 2.43. The van der Waals surface area contributed by atoms with Crippen molar-refractivity contribution in [3.63, 3.8) is 0 Å². The lowest BCUT2D eigenvalue weighted by Gasteiger charge is -2.19. The van der Waals surface area contributed by atoms with Crippen LogP contribution in [-0.4, -0.2) is 9.78 Å². The Labute approximate surface area is 88.4 Å². The van der Waals surface area contributed by atoms with Crippen molar-refractivity contribution in [2.45, 2.75) is 6.10 Å². The SMILES string of the molecule is Cn1nc[n+](C)c1C([O-])c1ccccc1. The maximum Gasteiger partial charge on any atom is 0.265 e. The molecule has 1 aromatic heterocycles. The highest BCUT2D eigenvalue weighted by atomic mass is 16.3. The molecule has 4 heteroatoms. The molecule has 0 N–H and O–H groups in total. The lowest BCUT2D eigenvalue weighted by atomic mass is 10.1. The minimum absolute atomic E-state index is 0.654. The first-order chi connectivity index (χ1) is 7.20. The van der Waals surface area contributed by atoms with E-state index >= 15 is 0 Å². The molecule has 0 saturated carbocycles. The summed E-state index contributed by atoms with van der Waals surface area (Å²) < 4.78 is 3.37. The van der Waals surface area contributed by atoms with Crippen molar-refractivity contribution < 1.29 is 9.67 Å². The molecule has 0 fully saturated rings. The molecule has 0 radical (unpaired) electrons. The summed E-state index contributed by atoms with van der Waals surface area (Å²) in [6, 6.07) is 9.32. The molecule has 0 amide bonds. The van der Waals surface area contributed by atoms with Crippen LogP contribution in [0.3, 0.4) is 0 Å². The molecule has 2 rings (SSSR count). The van der Waals surface area contributed by atoms with Gasteiger partial charge in [-0.25, -0.2) is 4.57 Å². The minimum Gasteiger partial charge on any atom is -0.841 e. The standard InChI is InChI=1S/C11H13N3O/c1-13-8-12-14(2)11(13)10(15)9-6-4-3-5-7-9/h3-8,10H,1-2H3. The zero-order valence-corrected chi connectivity index (χ0v) is 8.79. The number of hydrogen-bond acceptors (Lipinski definition) is 2. The average molecular weight is 203 g/mol. The summed E-state index contributed by atoms with van der Waals surface area (Å²) >= 11 is 0. The Hall–Kier alpha value is -1.68. The number of rotatable bonds is 2. The minimum atomic E-state index is -0.885. The second-order valence-electron chi connectivity index (χ2n) is 3.51. The molecule has 0 aliphatic rings. The monoisotopic (exact) mass is 203 g/mol. The summed E-state index contributed by atoms with van der Waals surface area (Å²) in [5.41, 5.74) is 0.761. The van der Waals surface area contributed by atoms with Crippen LogP contribution in [-0.2, 0) is 14.1 Å². The molecule has 15 heavy (non-hydrogen) atoms. The third kappa shape index (κ3) is 1.76. The van der Waals surface area contributed by atoms with Gasteiger partial charge in [0.25, 0.3) is 6.33 Å². The average Bonchev–Trinajstić information content (AvgIpc) is 2.59. The van der Waals surface area contributed by atoms with Gasteiger partial charge in [0.05, 0.1) is 14.1 Å². The number of aromatic nitrogens is 3. The van der Waals surface area contributed by atoms with Gasteiger partial charge in [-0.3, -0.25) is 0 Å². The van der Waals surface area contributed by atoms with E-state index in [1.165, 1.54) is 0 Å². The fraction of sp³-hybridized carbons (Fsp3) is 0.273. The summed E-state index contributed by atoms with van der Waals surface area (Å²) in [7, 11) is 3.61. The van der Waals surface area contributed by atoms with Crippen molar-refractivity contribution in [2.75, 3.05) is 0 Å². The first kappa shape index (κ1) is 9.86. The quantitative estimate of drug-likeness (QED) is 0.629. The molecular formula is C11H13N3O. The third-order valence-corrected chi connectivity index (χ3v) is 2.43. The van der Waals surface area contributed by atoms with E-state index in [0.717, 1.165) is 5.56 Å². The van der Waals surface area contributed by atoms with Gasteiger partial charge in [0.2, 0.25) is 5.82 Å². The van der Waals surface area contributed by atoms with Gasteiger partial charge in [-0.05, 0) is 6.10 Å². The van der Waals surface area contributed by atoms with Crippen molar-refractivity contribution in [1.82, 2.24) is 9.78 Å². The van der Waals surface area contributed by atoms with Gasteiger partial charge in [-0.2, -0.15) is 0 Å². The molecule has 1 unspecified atom stereocenters. The van der Waals surface area contributed by atoms with Crippen LogP contribution < -0.4 is 9.67 Å². The smallest absolute Gasteiger partial charge is 0.265 e. The van der Waals surface area contributed by atoms with Crippen LogP contribution in [0.2, 0.25) is 0 Å². The number of nitrogens with zero attached hydrogens (tertiary/aromatic N) is 3. The maximum absolute atomic E-state index is 12.2. The molecule has 1 heterocycles. The predicted molar refractivity (Wildman–Crippen MR) is 52.7 cm³/mol. The van der Waals surface area contributed by atoms with Crippen molar-refractivity contribution in [2.24, 2.45) is 14.1 Å². The van der Waals surface area contributed by atoms with E-state index in [1.54, 1.807) is 22.6 Å². The van der Waals surface area contributed by atoms with E-state index in [-0.39, 0.29) is 0 Å². The Kier molecular flexibility index (Phi) is 2.51. The van der Waals surface area contributed by atoms with Crippen LogP contribution in [0.15, 0.2) is 36.7 Å². The van der Waals surface area contributed by atoms with Crippen LogP contribution in [0.4, 0.5) is 0 Å². The van der Waals surface area contributed by atoms with E-state index in [2.05, 4.69) is 5.10 Å². The van der Waals surface area contributed by atoms with Crippen LogP contribution >= 0.6 is 0 Å². The largest absolute Gasteiger partial charge is 0.841 e. The Morgan fingerprint density at radius 2 is 2.00 bits per heavy atom. The molecule has 78 valence electrons. The highest BCUT2D eigenvalue weighted by Gasteiger charge is 2.16. The van der Waals surface area contributed by atoms with Crippen molar-refractivity contribution in [3.8, 4) is 0 Å². The highest BCUT2D eigenvalue weighted by molar-refractivity contribution is 5.20. The predicted octanol–water partition coefficient (Wildman–Crippen LogP) is -0.306. The van der Waals surface area contributed by atoms with Crippen molar-refractivity contribution in [3.05, 3.63) is 48.0 Å². The van der Waals surface area contributed by atoms with Crippen LogP contribution in [0, 0.1) is 0 Å². The Bertz CT molecular complexity index is 431. The molecule has 0 spiro atoms. The second-order valence-corrected chi connectivity index (χ2v) is 3.51. The summed E-state index contributed by atoms with van der Waals surface area (Å²) in [6.07, 6.45) is 0.757. The van der Waals surface area contributed by atoms with Gasteiger partial charge < -0.3 is 5.11 Å². The lowest BCUT2D eigenvalue weighted by Crippen LogP contribution is -2.38. The number of benzene rings is 1. The van der Waals surface area contributed by atoms with Gasteiger partial charge in [0.1, 0.15) is 0 Å². The van der Waals surface area contributed by atoms with E-state index in [1.807, 2.05) is 37.4 Å². The van der Waals surface area contributed by atoms with Gasteiger partial charge in [0.15, 0.2) is 0 Å². The van der Waals surface area contributed by atoms with E-state index < -0.39 is 6.10 Å². The van der Waals surface area contributed by atoms with Gasteiger partial charge >= 0.3 is 0 Å². The summed E-state index contributed by atoms with van der Waals surface area (Å²) in [4.78, 5) is 0. The molecule has 1 atom stereocenters. The zero-order valence-electron chi connectivity index (χ0n) is 8.79. The van der Waals surface area contributed by atoms with Crippen LogP contribution in [0.1, 0.15) is 17.5 Å². The van der Waals surface area contributed by atoms with Crippen molar-refractivity contribution in [1.29, 1.82) is 0 Å². The Balaban J connectivity index is 2.41. The van der Waals surface area contributed by atoms with Gasteiger partial charge in [-0.15, -0.1) is 4.68 Å². The zero-order chi connectivity index (χ0) is 10.8. The van der Waals surface area contributed by atoms with Gasteiger partial charge in [0, 0.05) is 5.10 Å². The lowest BCUT2D eigenvalue weighted by molar-refractivity contribution is -0.692. The first-order valence-corrected chi connectivity index (χ1v) is 4.78. The molecular weight excluding hydrogens is 190 g/mol. The Morgan fingerprint density at radius 3 is 2.53 bits per heavy atom. The summed E-state index contributed by atoms with van der Waals surface area (Å²) in [6.45, 7) is 0. The summed E-state index contributed by atoms with van der Waals surface area (Å²) in [5.74, 6) is 0.654. The highest BCUT2D eigenvalue weighted by Crippen LogP contribution is 2.14. The van der Waals surface area contributed by atoms with Crippen LogP contribution in [0.25, 0.3) is 0 Å². The topological polar surface area (TPSA) is 44.8 Å². The van der Waals surface area contributed by atoms with E-state index in [9.17, 15) is 5.11 Å². The molecule has 2 aromatic rings. The van der Waals surface area contributed by atoms with Crippen molar-refractivity contribution >= 4 is 0 Å². The molecule has 4 nitrogen and oxygen atoms in total. The molecule has 0 aliphatic carbocycles. The normalized spacial score (nSPS) is 12.7. The molecule has 0 aliphatic heterocycles. The Morgan fingerprint density at radius 1 is 1.33 bits per heavy atom. The second kappa shape index (κ2) is 3.82. The maximum atomic E-state index is 12.2. The fourth-order valence-electron chi connectivity index (χ4n) is 1.63. The number of aryl methyl sites for hydroxylation is 2. The summed E-state index contributed by atoms with van der Waals surface area (Å²) in [5, 5.41) is 16.2.